The monoisotopic (exact) mass is 227 g/mol. The van der Waals surface area contributed by atoms with Crippen LogP contribution in [0.4, 0.5) is 0 Å². The highest BCUT2D eigenvalue weighted by Gasteiger charge is 2.25. The SMILES string of the molecule is Cc1cc(C)c(C(N)C2COCCO2)s1. The summed E-state index contributed by atoms with van der Waals surface area (Å²) in [7, 11) is 0. The minimum absolute atomic E-state index is 0.00972. The van der Waals surface area contributed by atoms with Gasteiger partial charge in [-0.05, 0) is 25.5 Å². The number of hydrogen-bond donors (Lipinski definition) is 1. The van der Waals surface area contributed by atoms with Crippen LogP contribution in [0.1, 0.15) is 21.4 Å². The highest BCUT2D eigenvalue weighted by molar-refractivity contribution is 7.12. The van der Waals surface area contributed by atoms with Gasteiger partial charge >= 0.3 is 0 Å². The molecule has 3 nitrogen and oxygen atoms in total. The summed E-state index contributed by atoms with van der Waals surface area (Å²) >= 11 is 1.76. The first-order valence-electron chi connectivity index (χ1n) is 5.20. The smallest absolute Gasteiger partial charge is 0.101 e. The van der Waals surface area contributed by atoms with E-state index in [1.165, 1.54) is 15.3 Å². The number of thiophene rings is 1. The van der Waals surface area contributed by atoms with E-state index in [0.717, 1.165) is 0 Å². The molecule has 1 aliphatic heterocycles. The van der Waals surface area contributed by atoms with Crippen LogP contribution in [0.2, 0.25) is 0 Å². The molecular weight excluding hydrogens is 210 g/mol. The molecular formula is C11H17NO2S. The van der Waals surface area contributed by atoms with Gasteiger partial charge in [0.05, 0.1) is 25.9 Å². The van der Waals surface area contributed by atoms with Crippen molar-refractivity contribution in [2.75, 3.05) is 19.8 Å². The molecule has 15 heavy (non-hydrogen) atoms. The normalized spacial score (nSPS) is 24.1. The second-order valence-corrected chi connectivity index (χ2v) is 5.20. The third-order valence-electron chi connectivity index (χ3n) is 2.62. The first-order valence-corrected chi connectivity index (χ1v) is 6.02. The van der Waals surface area contributed by atoms with Crippen LogP contribution in [0.3, 0.4) is 0 Å². The van der Waals surface area contributed by atoms with Gasteiger partial charge < -0.3 is 15.2 Å². The van der Waals surface area contributed by atoms with Gasteiger partial charge in [-0.3, -0.25) is 0 Å². The molecule has 4 heteroatoms. The first kappa shape index (κ1) is 11.1. The summed E-state index contributed by atoms with van der Waals surface area (Å²) in [5.41, 5.74) is 7.45. The average Bonchev–Trinajstić information content (AvgIpc) is 2.58. The largest absolute Gasteiger partial charge is 0.376 e. The van der Waals surface area contributed by atoms with Gasteiger partial charge in [0.25, 0.3) is 0 Å². The van der Waals surface area contributed by atoms with Crippen LogP contribution < -0.4 is 5.73 Å². The van der Waals surface area contributed by atoms with Crippen LogP contribution in [0.15, 0.2) is 6.07 Å². The predicted octanol–water partition coefficient (Wildman–Crippen LogP) is 1.78. The van der Waals surface area contributed by atoms with Gasteiger partial charge in [0, 0.05) is 9.75 Å². The quantitative estimate of drug-likeness (QED) is 0.837. The fraction of sp³-hybridized carbons (Fsp3) is 0.636. The zero-order chi connectivity index (χ0) is 10.8. The maximum atomic E-state index is 6.19. The van der Waals surface area contributed by atoms with E-state index in [1.54, 1.807) is 11.3 Å². The van der Waals surface area contributed by atoms with Crippen LogP contribution >= 0.6 is 11.3 Å². The van der Waals surface area contributed by atoms with Crippen molar-refractivity contribution in [3.05, 3.63) is 21.4 Å². The van der Waals surface area contributed by atoms with E-state index >= 15 is 0 Å². The van der Waals surface area contributed by atoms with Crippen LogP contribution in [-0.2, 0) is 9.47 Å². The van der Waals surface area contributed by atoms with Crippen molar-refractivity contribution in [2.24, 2.45) is 5.73 Å². The van der Waals surface area contributed by atoms with Crippen molar-refractivity contribution < 1.29 is 9.47 Å². The van der Waals surface area contributed by atoms with Gasteiger partial charge in [-0.25, -0.2) is 0 Å². The Bertz CT molecular complexity index is 331. The highest BCUT2D eigenvalue weighted by Crippen LogP contribution is 2.29. The highest BCUT2D eigenvalue weighted by atomic mass is 32.1. The number of aryl methyl sites for hydroxylation is 2. The van der Waals surface area contributed by atoms with Gasteiger partial charge in [-0.15, -0.1) is 11.3 Å². The number of ether oxygens (including phenoxy) is 2. The van der Waals surface area contributed by atoms with Gasteiger partial charge in [-0.2, -0.15) is 0 Å². The van der Waals surface area contributed by atoms with Crippen LogP contribution in [0.25, 0.3) is 0 Å². The van der Waals surface area contributed by atoms with E-state index in [9.17, 15) is 0 Å². The topological polar surface area (TPSA) is 44.5 Å². The van der Waals surface area contributed by atoms with Crippen molar-refractivity contribution >= 4 is 11.3 Å². The van der Waals surface area contributed by atoms with Crippen LogP contribution in [-0.4, -0.2) is 25.9 Å². The molecule has 0 aliphatic carbocycles. The van der Waals surface area contributed by atoms with Crippen molar-refractivity contribution in [1.82, 2.24) is 0 Å². The molecule has 2 N–H and O–H groups in total. The van der Waals surface area contributed by atoms with E-state index in [-0.39, 0.29) is 12.1 Å². The summed E-state index contributed by atoms with van der Waals surface area (Å²) in [5.74, 6) is 0. The molecule has 1 saturated heterocycles. The Balaban J connectivity index is 2.12. The summed E-state index contributed by atoms with van der Waals surface area (Å²) in [6, 6.07) is 2.12. The molecule has 0 aromatic carbocycles. The molecule has 84 valence electrons. The Hall–Kier alpha value is -0.420. The Morgan fingerprint density at radius 3 is 2.80 bits per heavy atom. The maximum absolute atomic E-state index is 6.19. The Kier molecular flexibility index (Phi) is 3.41. The Morgan fingerprint density at radius 2 is 2.27 bits per heavy atom. The maximum Gasteiger partial charge on any atom is 0.101 e. The molecule has 1 aliphatic rings. The molecule has 1 fully saturated rings. The standard InChI is InChI=1S/C11H17NO2S/c1-7-5-8(2)15-11(7)10(12)9-6-13-3-4-14-9/h5,9-10H,3-4,6,12H2,1-2H3. The van der Waals surface area contributed by atoms with Gasteiger partial charge in [0.2, 0.25) is 0 Å². The lowest BCUT2D eigenvalue weighted by molar-refractivity contribution is -0.0972. The van der Waals surface area contributed by atoms with Crippen LogP contribution in [0, 0.1) is 13.8 Å². The number of rotatable bonds is 2. The summed E-state index contributed by atoms with van der Waals surface area (Å²) in [4.78, 5) is 2.53. The van der Waals surface area contributed by atoms with E-state index in [2.05, 4.69) is 19.9 Å². The fourth-order valence-corrected chi connectivity index (χ4v) is 2.96. The zero-order valence-corrected chi connectivity index (χ0v) is 9.97. The zero-order valence-electron chi connectivity index (χ0n) is 9.16. The summed E-state index contributed by atoms with van der Waals surface area (Å²) in [6.07, 6.45) is 0.00972. The summed E-state index contributed by atoms with van der Waals surface area (Å²) in [6.45, 7) is 6.15. The molecule has 0 saturated carbocycles. The third kappa shape index (κ3) is 2.39. The van der Waals surface area contributed by atoms with E-state index < -0.39 is 0 Å². The molecule has 1 aromatic rings. The molecule has 2 atom stereocenters. The lowest BCUT2D eigenvalue weighted by Crippen LogP contribution is -2.37. The lowest BCUT2D eigenvalue weighted by atomic mass is 10.1. The second-order valence-electron chi connectivity index (χ2n) is 3.91. The Morgan fingerprint density at radius 1 is 1.47 bits per heavy atom. The minimum Gasteiger partial charge on any atom is -0.376 e. The van der Waals surface area contributed by atoms with Crippen LogP contribution in [0.5, 0.6) is 0 Å². The average molecular weight is 227 g/mol. The minimum atomic E-state index is -0.0519. The number of hydrogen-bond acceptors (Lipinski definition) is 4. The third-order valence-corrected chi connectivity index (χ3v) is 3.88. The molecule has 1 aromatic heterocycles. The Labute approximate surface area is 94.2 Å². The van der Waals surface area contributed by atoms with E-state index in [1.807, 2.05) is 0 Å². The van der Waals surface area contributed by atoms with E-state index in [4.69, 9.17) is 15.2 Å². The molecule has 0 amide bonds. The molecule has 0 bridgehead atoms. The first-order chi connectivity index (χ1) is 7.18. The van der Waals surface area contributed by atoms with Crippen molar-refractivity contribution in [3.8, 4) is 0 Å². The summed E-state index contributed by atoms with van der Waals surface area (Å²) < 4.78 is 11.0. The molecule has 2 heterocycles. The van der Waals surface area contributed by atoms with Crippen molar-refractivity contribution in [1.29, 1.82) is 0 Å². The van der Waals surface area contributed by atoms with Crippen molar-refractivity contribution in [3.63, 3.8) is 0 Å². The van der Waals surface area contributed by atoms with E-state index in [0.29, 0.717) is 19.8 Å². The lowest BCUT2D eigenvalue weighted by Gasteiger charge is -2.27. The van der Waals surface area contributed by atoms with Gasteiger partial charge in [-0.1, -0.05) is 0 Å². The molecule has 2 rings (SSSR count). The predicted molar refractivity (Wildman–Crippen MR) is 61.3 cm³/mol. The second kappa shape index (κ2) is 4.61. The molecule has 2 unspecified atom stereocenters. The van der Waals surface area contributed by atoms with Gasteiger partial charge in [0.1, 0.15) is 6.10 Å². The molecule has 0 spiro atoms. The van der Waals surface area contributed by atoms with Crippen molar-refractivity contribution in [2.45, 2.75) is 26.0 Å². The number of nitrogens with two attached hydrogens (primary N) is 1. The van der Waals surface area contributed by atoms with Gasteiger partial charge in [0.15, 0.2) is 0 Å². The summed E-state index contributed by atoms with van der Waals surface area (Å²) in [5, 5.41) is 0. The fourth-order valence-electron chi connectivity index (χ4n) is 1.87. The molecule has 0 radical (unpaired) electrons.